The Labute approximate surface area is 101 Å². The van der Waals surface area contributed by atoms with Gasteiger partial charge in [0.1, 0.15) is 5.82 Å². The van der Waals surface area contributed by atoms with Gasteiger partial charge < -0.3 is 15.5 Å². The zero-order valence-corrected chi connectivity index (χ0v) is 10.3. The summed E-state index contributed by atoms with van der Waals surface area (Å²) in [5.74, 6) is 1.03. The Morgan fingerprint density at radius 2 is 2.24 bits per heavy atom. The van der Waals surface area contributed by atoms with Crippen LogP contribution in [-0.2, 0) is 11.3 Å². The average Bonchev–Trinajstić information content (AvgIpc) is 2.32. The van der Waals surface area contributed by atoms with Crippen LogP contribution >= 0.6 is 0 Å². The van der Waals surface area contributed by atoms with Crippen LogP contribution in [0.1, 0.15) is 11.1 Å². The van der Waals surface area contributed by atoms with Gasteiger partial charge in [-0.1, -0.05) is 0 Å². The van der Waals surface area contributed by atoms with Crippen molar-refractivity contribution in [1.82, 2.24) is 9.88 Å². The van der Waals surface area contributed by atoms with Crippen LogP contribution in [0.4, 0.5) is 5.82 Å². The van der Waals surface area contributed by atoms with E-state index >= 15 is 0 Å². The maximum Gasteiger partial charge on any atom is 0.241 e. The van der Waals surface area contributed by atoms with Crippen molar-refractivity contribution < 1.29 is 4.79 Å². The molecular formula is C12H18N4O. The van der Waals surface area contributed by atoms with Gasteiger partial charge in [0, 0.05) is 32.9 Å². The molecule has 1 aromatic rings. The van der Waals surface area contributed by atoms with Gasteiger partial charge in [-0.25, -0.2) is 4.98 Å². The van der Waals surface area contributed by atoms with Crippen molar-refractivity contribution >= 4 is 11.7 Å². The van der Waals surface area contributed by atoms with Crippen molar-refractivity contribution in [1.29, 1.82) is 0 Å². The van der Waals surface area contributed by atoms with Crippen LogP contribution in [0.25, 0.3) is 0 Å². The molecule has 2 heterocycles. The number of carbonyl (C=O) groups is 1. The maximum absolute atomic E-state index is 11.6. The molecule has 1 fully saturated rings. The predicted octanol–water partition coefficient (Wildman–Crippen LogP) is 0.127. The Morgan fingerprint density at radius 3 is 2.82 bits per heavy atom. The predicted molar refractivity (Wildman–Crippen MR) is 66.7 cm³/mol. The van der Waals surface area contributed by atoms with Crippen LogP contribution in [0.2, 0.25) is 0 Å². The minimum Gasteiger partial charge on any atom is -0.345 e. The van der Waals surface area contributed by atoms with Crippen LogP contribution in [-0.4, -0.2) is 42.5 Å². The van der Waals surface area contributed by atoms with E-state index in [9.17, 15) is 4.79 Å². The number of likely N-dealkylation sites (N-methyl/N-ethyl adjacent to an activating group) is 1. The third kappa shape index (κ3) is 2.39. The van der Waals surface area contributed by atoms with Crippen LogP contribution < -0.4 is 10.6 Å². The zero-order valence-electron chi connectivity index (χ0n) is 10.3. The smallest absolute Gasteiger partial charge is 0.241 e. The van der Waals surface area contributed by atoms with E-state index in [1.807, 2.05) is 24.9 Å². The summed E-state index contributed by atoms with van der Waals surface area (Å²) in [6, 6.07) is 2.03. The molecule has 0 bridgehead atoms. The summed E-state index contributed by atoms with van der Waals surface area (Å²) >= 11 is 0. The fraction of sp³-hybridized carbons (Fsp3) is 0.500. The molecule has 17 heavy (non-hydrogen) atoms. The van der Waals surface area contributed by atoms with E-state index in [-0.39, 0.29) is 5.91 Å². The number of anilines is 1. The van der Waals surface area contributed by atoms with E-state index in [1.165, 1.54) is 0 Å². The van der Waals surface area contributed by atoms with Crippen molar-refractivity contribution in [2.24, 2.45) is 5.73 Å². The lowest BCUT2D eigenvalue weighted by Gasteiger charge is -2.33. The number of nitrogens with two attached hydrogens (primary N) is 1. The summed E-state index contributed by atoms with van der Waals surface area (Å²) in [6.07, 6.45) is 1.78. The van der Waals surface area contributed by atoms with Crippen LogP contribution in [0.5, 0.6) is 0 Å². The van der Waals surface area contributed by atoms with Gasteiger partial charge in [-0.3, -0.25) is 4.79 Å². The number of hydrogen-bond donors (Lipinski definition) is 1. The lowest BCUT2D eigenvalue weighted by molar-refractivity contribution is -0.129. The van der Waals surface area contributed by atoms with Gasteiger partial charge in [0.05, 0.1) is 6.54 Å². The molecule has 1 aliphatic rings. The number of nitrogens with zero attached hydrogens (tertiary/aromatic N) is 3. The van der Waals surface area contributed by atoms with Crippen LogP contribution in [0, 0.1) is 6.92 Å². The summed E-state index contributed by atoms with van der Waals surface area (Å²) in [5, 5.41) is 0. The van der Waals surface area contributed by atoms with Gasteiger partial charge in [-0.05, 0) is 24.1 Å². The number of hydrogen-bond acceptors (Lipinski definition) is 4. The van der Waals surface area contributed by atoms with E-state index in [0.29, 0.717) is 13.1 Å². The van der Waals surface area contributed by atoms with Crippen LogP contribution in [0.3, 0.4) is 0 Å². The Kier molecular flexibility index (Phi) is 3.28. The fourth-order valence-electron chi connectivity index (χ4n) is 2.01. The number of rotatable bonds is 2. The molecule has 5 nitrogen and oxygen atoms in total. The minimum atomic E-state index is 0.139. The van der Waals surface area contributed by atoms with Crippen LogP contribution in [0.15, 0.2) is 12.3 Å². The number of aryl methyl sites for hydroxylation is 1. The SMILES string of the molecule is Cc1cc(CN)cnc1N1CCN(C)C(=O)C1. The van der Waals surface area contributed by atoms with E-state index in [4.69, 9.17) is 5.73 Å². The zero-order chi connectivity index (χ0) is 12.4. The van der Waals surface area contributed by atoms with E-state index < -0.39 is 0 Å². The summed E-state index contributed by atoms with van der Waals surface area (Å²) in [6.45, 7) is 4.49. The molecule has 0 aliphatic carbocycles. The molecule has 0 aromatic carbocycles. The third-order valence-electron chi connectivity index (χ3n) is 3.10. The molecule has 0 atom stereocenters. The highest BCUT2D eigenvalue weighted by molar-refractivity contribution is 5.82. The second kappa shape index (κ2) is 4.71. The third-order valence-corrected chi connectivity index (χ3v) is 3.10. The average molecular weight is 234 g/mol. The fourth-order valence-corrected chi connectivity index (χ4v) is 2.01. The molecule has 5 heteroatoms. The molecule has 0 radical (unpaired) electrons. The summed E-state index contributed by atoms with van der Waals surface area (Å²) in [4.78, 5) is 19.8. The first-order valence-corrected chi connectivity index (χ1v) is 5.76. The largest absolute Gasteiger partial charge is 0.345 e. The first-order valence-electron chi connectivity index (χ1n) is 5.76. The Bertz CT molecular complexity index is 433. The molecule has 2 N–H and O–H groups in total. The first-order chi connectivity index (χ1) is 8.11. The molecule has 92 valence electrons. The number of piperazine rings is 1. The maximum atomic E-state index is 11.6. The highest BCUT2D eigenvalue weighted by Crippen LogP contribution is 2.19. The normalized spacial score (nSPS) is 16.5. The number of carbonyl (C=O) groups excluding carboxylic acids is 1. The van der Waals surface area contributed by atoms with Gasteiger partial charge in [-0.2, -0.15) is 0 Å². The van der Waals surface area contributed by atoms with Gasteiger partial charge in [0.15, 0.2) is 0 Å². The van der Waals surface area contributed by atoms with E-state index in [1.54, 1.807) is 11.1 Å². The van der Waals surface area contributed by atoms with Crippen molar-refractivity contribution in [2.75, 3.05) is 31.6 Å². The Morgan fingerprint density at radius 1 is 1.47 bits per heavy atom. The molecule has 0 saturated carbocycles. The van der Waals surface area contributed by atoms with Gasteiger partial charge in [0.2, 0.25) is 5.91 Å². The van der Waals surface area contributed by atoms with Gasteiger partial charge in [-0.15, -0.1) is 0 Å². The lowest BCUT2D eigenvalue weighted by atomic mass is 10.2. The van der Waals surface area contributed by atoms with Gasteiger partial charge >= 0.3 is 0 Å². The summed E-state index contributed by atoms with van der Waals surface area (Å²) in [7, 11) is 1.83. The standard InChI is InChI=1S/C12H18N4O/c1-9-5-10(6-13)7-14-12(9)16-4-3-15(2)11(17)8-16/h5,7H,3-4,6,8,13H2,1-2H3. The van der Waals surface area contributed by atoms with Gasteiger partial charge in [0.25, 0.3) is 0 Å². The molecule has 1 amide bonds. The Hall–Kier alpha value is -1.62. The number of pyridine rings is 1. The highest BCUT2D eigenvalue weighted by atomic mass is 16.2. The summed E-state index contributed by atoms with van der Waals surface area (Å²) in [5.41, 5.74) is 7.67. The molecule has 1 aromatic heterocycles. The quantitative estimate of drug-likeness (QED) is 0.790. The van der Waals surface area contributed by atoms with Crippen molar-refractivity contribution in [3.8, 4) is 0 Å². The molecule has 1 aliphatic heterocycles. The topological polar surface area (TPSA) is 62.5 Å². The molecule has 2 rings (SSSR count). The number of amides is 1. The first kappa shape index (κ1) is 11.9. The second-order valence-corrected chi connectivity index (χ2v) is 4.43. The summed E-state index contributed by atoms with van der Waals surface area (Å²) < 4.78 is 0. The van der Waals surface area contributed by atoms with E-state index in [2.05, 4.69) is 4.98 Å². The lowest BCUT2D eigenvalue weighted by Crippen LogP contribution is -2.49. The van der Waals surface area contributed by atoms with Crippen molar-refractivity contribution in [2.45, 2.75) is 13.5 Å². The minimum absolute atomic E-state index is 0.139. The Balaban J connectivity index is 2.20. The molecule has 1 saturated heterocycles. The number of aromatic nitrogens is 1. The monoisotopic (exact) mass is 234 g/mol. The second-order valence-electron chi connectivity index (χ2n) is 4.43. The van der Waals surface area contributed by atoms with Crippen molar-refractivity contribution in [3.05, 3.63) is 23.4 Å². The van der Waals surface area contributed by atoms with Crippen molar-refractivity contribution in [3.63, 3.8) is 0 Å². The van der Waals surface area contributed by atoms with E-state index in [0.717, 1.165) is 30.0 Å². The molecule has 0 unspecified atom stereocenters. The molecule has 0 spiro atoms. The molecular weight excluding hydrogens is 216 g/mol. The highest BCUT2D eigenvalue weighted by Gasteiger charge is 2.22.